The number of likely N-dealkylation sites (tertiary alicyclic amines) is 1. The Morgan fingerprint density at radius 2 is 1.68 bits per heavy atom. The van der Waals surface area contributed by atoms with Gasteiger partial charge < -0.3 is 19.5 Å². The number of benzene rings is 2. The number of nitrogens with zero attached hydrogens (tertiary/aromatic N) is 2. The fourth-order valence-corrected chi connectivity index (χ4v) is 5.06. The van der Waals surface area contributed by atoms with E-state index in [2.05, 4.69) is 5.32 Å². The van der Waals surface area contributed by atoms with E-state index in [1.54, 1.807) is 24.3 Å². The summed E-state index contributed by atoms with van der Waals surface area (Å²) in [6.45, 7) is 1.97. The van der Waals surface area contributed by atoms with Gasteiger partial charge in [0.2, 0.25) is 11.8 Å². The van der Waals surface area contributed by atoms with Crippen LogP contribution in [0.3, 0.4) is 0 Å². The quantitative estimate of drug-likeness (QED) is 0.397. The molecule has 0 bridgehead atoms. The Labute approximate surface area is 203 Å². The lowest BCUT2D eigenvalue weighted by Crippen LogP contribution is -2.34. The van der Waals surface area contributed by atoms with Crippen LogP contribution >= 0.6 is 11.8 Å². The Bertz CT molecular complexity index is 1160. The Kier molecular flexibility index (Phi) is 7.90. The Balaban J connectivity index is 1.40. The number of esters is 1. The fourth-order valence-electron chi connectivity index (χ4n) is 4.17. The minimum atomic E-state index is -0.417. The minimum absolute atomic E-state index is 0.145. The molecular weight excluding hydrogens is 450 g/mol. The van der Waals surface area contributed by atoms with Crippen LogP contribution in [0.2, 0.25) is 0 Å². The molecule has 0 unspecified atom stereocenters. The lowest BCUT2D eigenvalue weighted by Gasteiger charge is -2.20. The van der Waals surface area contributed by atoms with E-state index in [1.165, 1.54) is 31.7 Å². The zero-order valence-electron chi connectivity index (χ0n) is 19.3. The molecule has 7 nitrogen and oxygen atoms in total. The number of rotatable bonds is 7. The molecule has 2 amide bonds. The van der Waals surface area contributed by atoms with Gasteiger partial charge in [-0.05, 0) is 43.2 Å². The second-order valence-corrected chi connectivity index (χ2v) is 9.36. The number of thioether (sulfide) groups is 1. The van der Waals surface area contributed by atoms with Crippen LogP contribution in [0.25, 0.3) is 10.9 Å². The van der Waals surface area contributed by atoms with Gasteiger partial charge in [0, 0.05) is 40.8 Å². The summed E-state index contributed by atoms with van der Waals surface area (Å²) in [5.41, 5.74) is 2.04. The van der Waals surface area contributed by atoms with Crippen molar-refractivity contribution in [1.82, 2.24) is 9.47 Å². The van der Waals surface area contributed by atoms with Crippen LogP contribution < -0.4 is 5.32 Å². The standard InChI is InChI=1S/C26H29N3O4S/c1-33-26(32)19-10-12-20(13-11-19)27-24(30)18-34-23-16-29(22-9-5-4-8-21(22)23)17-25(31)28-14-6-2-3-7-15-28/h4-5,8-13,16H,2-3,6-7,14-15,17-18H2,1H3,(H,27,30). The van der Waals surface area contributed by atoms with Crippen LogP contribution in [0.1, 0.15) is 36.0 Å². The van der Waals surface area contributed by atoms with Gasteiger partial charge in [0.05, 0.1) is 18.4 Å². The molecule has 8 heteroatoms. The number of carbonyl (C=O) groups excluding carboxylic acids is 3. The molecule has 0 saturated carbocycles. The van der Waals surface area contributed by atoms with E-state index in [0.717, 1.165) is 41.7 Å². The molecule has 4 rings (SSSR count). The number of carbonyl (C=O) groups is 3. The van der Waals surface area contributed by atoms with Crippen LogP contribution in [0.5, 0.6) is 0 Å². The molecule has 2 heterocycles. The fraction of sp³-hybridized carbons (Fsp3) is 0.346. The zero-order valence-corrected chi connectivity index (χ0v) is 20.1. The second kappa shape index (κ2) is 11.2. The Morgan fingerprint density at radius 1 is 0.971 bits per heavy atom. The Morgan fingerprint density at radius 3 is 2.38 bits per heavy atom. The number of hydrogen-bond donors (Lipinski definition) is 1. The topological polar surface area (TPSA) is 80.6 Å². The summed E-state index contributed by atoms with van der Waals surface area (Å²) in [7, 11) is 1.33. The highest BCUT2D eigenvalue weighted by molar-refractivity contribution is 8.00. The van der Waals surface area contributed by atoms with Crippen molar-refractivity contribution in [2.75, 3.05) is 31.3 Å². The predicted octanol–water partition coefficient (Wildman–Crippen LogP) is 4.56. The first-order valence-electron chi connectivity index (χ1n) is 11.5. The average molecular weight is 480 g/mol. The van der Waals surface area contributed by atoms with Gasteiger partial charge in [-0.15, -0.1) is 11.8 Å². The average Bonchev–Trinajstić information content (AvgIpc) is 3.01. The van der Waals surface area contributed by atoms with Gasteiger partial charge in [-0.3, -0.25) is 9.59 Å². The lowest BCUT2D eigenvalue weighted by molar-refractivity contribution is -0.131. The summed E-state index contributed by atoms with van der Waals surface area (Å²) < 4.78 is 6.68. The number of hydrogen-bond acceptors (Lipinski definition) is 5. The summed E-state index contributed by atoms with van der Waals surface area (Å²) in [5.74, 6) is -0.188. The molecule has 1 aliphatic rings. The van der Waals surface area contributed by atoms with E-state index in [9.17, 15) is 14.4 Å². The molecule has 1 N–H and O–H groups in total. The number of amides is 2. The van der Waals surface area contributed by atoms with E-state index < -0.39 is 5.97 Å². The maximum atomic E-state index is 12.9. The van der Waals surface area contributed by atoms with E-state index in [0.29, 0.717) is 17.8 Å². The molecule has 0 atom stereocenters. The largest absolute Gasteiger partial charge is 0.465 e. The van der Waals surface area contributed by atoms with Crippen molar-refractivity contribution in [3.8, 4) is 0 Å². The molecule has 0 radical (unpaired) electrons. The van der Waals surface area contributed by atoms with Crippen molar-refractivity contribution in [2.24, 2.45) is 0 Å². The molecule has 1 aliphatic heterocycles. The van der Waals surface area contributed by atoms with Crippen molar-refractivity contribution in [1.29, 1.82) is 0 Å². The van der Waals surface area contributed by atoms with Crippen LogP contribution in [0.15, 0.2) is 59.6 Å². The van der Waals surface area contributed by atoms with Crippen molar-refractivity contribution in [3.05, 3.63) is 60.3 Å². The van der Waals surface area contributed by atoms with Crippen LogP contribution in [0.4, 0.5) is 5.69 Å². The van der Waals surface area contributed by atoms with Crippen LogP contribution in [-0.4, -0.2) is 53.2 Å². The Hall–Kier alpha value is -3.26. The first-order chi connectivity index (χ1) is 16.5. The van der Waals surface area contributed by atoms with Gasteiger partial charge in [0.25, 0.3) is 0 Å². The third-order valence-electron chi connectivity index (χ3n) is 5.96. The predicted molar refractivity (Wildman–Crippen MR) is 134 cm³/mol. The third kappa shape index (κ3) is 5.80. The SMILES string of the molecule is COC(=O)c1ccc(NC(=O)CSc2cn(CC(=O)N3CCCCCC3)c3ccccc23)cc1. The zero-order chi connectivity index (χ0) is 23.9. The number of nitrogens with one attached hydrogen (secondary N) is 1. The highest BCUT2D eigenvalue weighted by Crippen LogP contribution is 2.30. The highest BCUT2D eigenvalue weighted by Gasteiger charge is 2.18. The smallest absolute Gasteiger partial charge is 0.337 e. The molecule has 34 heavy (non-hydrogen) atoms. The molecule has 1 fully saturated rings. The van der Waals surface area contributed by atoms with E-state index >= 15 is 0 Å². The number of para-hydroxylation sites is 1. The molecule has 178 valence electrons. The van der Waals surface area contributed by atoms with E-state index in [1.807, 2.05) is 39.9 Å². The number of methoxy groups -OCH3 is 1. The normalized spacial score (nSPS) is 14.0. The molecule has 1 aromatic heterocycles. The van der Waals surface area contributed by atoms with Gasteiger partial charge in [-0.25, -0.2) is 4.79 Å². The van der Waals surface area contributed by atoms with Crippen molar-refractivity contribution in [2.45, 2.75) is 37.1 Å². The minimum Gasteiger partial charge on any atom is -0.465 e. The third-order valence-corrected chi connectivity index (χ3v) is 7.01. The molecule has 2 aromatic carbocycles. The summed E-state index contributed by atoms with van der Waals surface area (Å²) in [4.78, 5) is 40.0. The van der Waals surface area contributed by atoms with E-state index in [4.69, 9.17) is 4.74 Å². The van der Waals surface area contributed by atoms with Gasteiger partial charge >= 0.3 is 5.97 Å². The maximum absolute atomic E-state index is 12.9. The maximum Gasteiger partial charge on any atom is 0.337 e. The summed E-state index contributed by atoms with van der Waals surface area (Å²) in [6, 6.07) is 14.5. The van der Waals surface area contributed by atoms with Crippen LogP contribution in [-0.2, 0) is 20.9 Å². The van der Waals surface area contributed by atoms with Gasteiger partial charge in [-0.2, -0.15) is 0 Å². The van der Waals surface area contributed by atoms with E-state index in [-0.39, 0.29) is 17.6 Å². The van der Waals surface area contributed by atoms with Crippen molar-refractivity contribution >= 4 is 46.1 Å². The second-order valence-electron chi connectivity index (χ2n) is 8.34. The number of fused-ring (bicyclic) bond motifs is 1. The molecule has 1 saturated heterocycles. The number of anilines is 1. The van der Waals surface area contributed by atoms with Crippen molar-refractivity contribution in [3.63, 3.8) is 0 Å². The van der Waals surface area contributed by atoms with Gasteiger partial charge in [0.1, 0.15) is 6.54 Å². The lowest BCUT2D eigenvalue weighted by atomic mass is 10.2. The first-order valence-corrected chi connectivity index (χ1v) is 12.5. The van der Waals surface area contributed by atoms with Gasteiger partial charge in [-0.1, -0.05) is 31.0 Å². The molecule has 3 aromatic rings. The monoisotopic (exact) mass is 479 g/mol. The summed E-state index contributed by atoms with van der Waals surface area (Å²) in [5, 5.41) is 3.89. The number of ether oxygens (including phenoxy) is 1. The summed E-state index contributed by atoms with van der Waals surface area (Å²) >= 11 is 1.44. The molecular formula is C26H29N3O4S. The van der Waals surface area contributed by atoms with Crippen molar-refractivity contribution < 1.29 is 19.1 Å². The first kappa shape index (κ1) is 23.9. The summed E-state index contributed by atoms with van der Waals surface area (Å²) in [6.07, 6.45) is 6.49. The number of aromatic nitrogens is 1. The highest BCUT2D eigenvalue weighted by atomic mass is 32.2. The van der Waals surface area contributed by atoms with Crippen LogP contribution in [0, 0.1) is 0 Å². The molecule has 0 spiro atoms. The van der Waals surface area contributed by atoms with Gasteiger partial charge in [0.15, 0.2) is 0 Å². The molecule has 0 aliphatic carbocycles.